The van der Waals surface area contributed by atoms with Gasteiger partial charge in [0.15, 0.2) is 16.3 Å². The maximum absolute atomic E-state index is 12.5. The quantitative estimate of drug-likeness (QED) is 0.676. The van der Waals surface area contributed by atoms with E-state index in [1.165, 1.54) is 11.3 Å². The molecule has 1 aliphatic rings. The first-order valence-electron chi connectivity index (χ1n) is 7.85. The lowest BCUT2D eigenvalue weighted by atomic mass is 10.1. The maximum atomic E-state index is 12.5. The minimum absolute atomic E-state index is 0.233. The number of aromatic nitrogens is 1. The molecule has 0 spiro atoms. The molecule has 5 nitrogen and oxygen atoms in total. The van der Waals surface area contributed by atoms with Crippen molar-refractivity contribution in [3.63, 3.8) is 0 Å². The van der Waals surface area contributed by atoms with Crippen molar-refractivity contribution in [2.45, 2.75) is 13.5 Å². The molecule has 126 valence electrons. The van der Waals surface area contributed by atoms with Gasteiger partial charge in [0.05, 0.1) is 10.2 Å². The molecule has 1 aromatic heterocycles. The molecular weight excluding hydrogens is 336 g/mol. The highest BCUT2D eigenvalue weighted by molar-refractivity contribution is 7.16. The zero-order valence-electron chi connectivity index (χ0n) is 13.7. The van der Waals surface area contributed by atoms with Gasteiger partial charge in [-0.2, -0.15) is 4.99 Å². The van der Waals surface area contributed by atoms with Crippen LogP contribution in [0.3, 0.4) is 0 Å². The van der Waals surface area contributed by atoms with E-state index >= 15 is 0 Å². The number of rotatable bonds is 3. The molecule has 0 bridgehead atoms. The Morgan fingerprint density at radius 2 is 2.00 bits per heavy atom. The topological polar surface area (TPSA) is 52.8 Å². The van der Waals surface area contributed by atoms with E-state index in [-0.39, 0.29) is 12.7 Å². The molecule has 4 rings (SSSR count). The highest BCUT2D eigenvalue weighted by Gasteiger charge is 2.17. The zero-order chi connectivity index (χ0) is 17.4. The summed E-state index contributed by atoms with van der Waals surface area (Å²) in [6.07, 6.45) is 1.78. The Kier molecular flexibility index (Phi) is 3.89. The molecule has 1 amide bonds. The van der Waals surface area contributed by atoms with Crippen LogP contribution in [0.5, 0.6) is 11.5 Å². The van der Waals surface area contributed by atoms with Crippen LogP contribution < -0.4 is 14.3 Å². The van der Waals surface area contributed by atoms with Gasteiger partial charge in [0, 0.05) is 24.2 Å². The van der Waals surface area contributed by atoms with Crippen LogP contribution in [0.1, 0.15) is 15.9 Å². The van der Waals surface area contributed by atoms with Crippen LogP contribution in [0.2, 0.25) is 0 Å². The lowest BCUT2D eigenvalue weighted by Crippen LogP contribution is -2.16. The molecule has 1 aliphatic heterocycles. The number of hydrogen-bond acceptors (Lipinski definition) is 4. The number of amides is 1. The first kappa shape index (κ1) is 15.7. The number of fused-ring (bicyclic) bond motifs is 2. The van der Waals surface area contributed by atoms with Gasteiger partial charge in [-0.3, -0.25) is 4.79 Å². The number of aryl methyl sites for hydroxylation is 1. The molecule has 0 N–H and O–H groups in total. The van der Waals surface area contributed by atoms with Crippen LogP contribution in [-0.4, -0.2) is 17.3 Å². The predicted octanol–water partition coefficient (Wildman–Crippen LogP) is 3.67. The maximum Gasteiger partial charge on any atom is 0.279 e. The standard InChI is InChI=1S/C19H16N2O3S/c1-3-8-21-14-9-15-16(24-11-23-15)10-17(14)25-19(21)20-18(22)13-6-4-12(2)5-7-13/h3-7,9-10H,1,8,11H2,2H3. The Morgan fingerprint density at radius 3 is 2.72 bits per heavy atom. The minimum atomic E-state index is -0.260. The lowest BCUT2D eigenvalue weighted by Gasteiger charge is -2.02. The summed E-state index contributed by atoms with van der Waals surface area (Å²) in [6.45, 7) is 6.58. The van der Waals surface area contributed by atoms with E-state index in [9.17, 15) is 4.79 Å². The van der Waals surface area contributed by atoms with Gasteiger partial charge in [-0.1, -0.05) is 35.1 Å². The first-order chi connectivity index (χ1) is 12.2. The monoisotopic (exact) mass is 352 g/mol. The van der Waals surface area contributed by atoms with Crippen molar-refractivity contribution in [2.24, 2.45) is 4.99 Å². The van der Waals surface area contributed by atoms with E-state index in [0.29, 0.717) is 22.7 Å². The van der Waals surface area contributed by atoms with Crippen LogP contribution in [0.15, 0.2) is 54.0 Å². The van der Waals surface area contributed by atoms with Crippen LogP contribution >= 0.6 is 11.3 Å². The van der Waals surface area contributed by atoms with Gasteiger partial charge in [-0.25, -0.2) is 0 Å². The summed E-state index contributed by atoms with van der Waals surface area (Å²) >= 11 is 1.45. The third-order valence-electron chi connectivity index (χ3n) is 3.98. The third kappa shape index (κ3) is 2.85. The highest BCUT2D eigenvalue weighted by atomic mass is 32.1. The average Bonchev–Trinajstić information content (AvgIpc) is 3.18. The number of benzene rings is 2. The number of nitrogens with zero attached hydrogens (tertiary/aromatic N) is 2. The summed E-state index contributed by atoms with van der Waals surface area (Å²) in [6, 6.07) is 11.3. The van der Waals surface area contributed by atoms with Gasteiger partial charge in [0.2, 0.25) is 6.79 Å². The van der Waals surface area contributed by atoms with E-state index in [1.54, 1.807) is 18.2 Å². The molecule has 0 unspecified atom stereocenters. The Balaban J connectivity index is 1.85. The van der Waals surface area contributed by atoms with E-state index in [2.05, 4.69) is 11.6 Å². The minimum Gasteiger partial charge on any atom is -0.454 e. The van der Waals surface area contributed by atoms with Crippen molar-refractivity contribution in [3.05, 3.63) is 65.0 Å². The number of hydrogen-bond donors (Lipinski definition) is 0. The molecule has 0 atom stereocenters. The number of allylic oxidation sites excluding steroid dienone is 1. The fraction of sp³-hybridized carbons (Fsp3) is 0.158. The van der Waals surface area contributed by atoms with Gasteiger partial charge in [0.25, 0.3) is 5.91 Å². The zero-order valence-corrected chi connectivity index (χ0v) is 14.5. The Morgan fingerprint density at radius 1 is 1.28 bits per heavy atom. The summed E-state index contributed by atoms with van der Waals surface area (Å²) in [5, 5.41) is 0. The van der Waals surface area contributed by atoms with Crippen LogP contribution in [0, 0.1) is 6.92 Å². The molecule has 2 heterocycles. The van der Waals surface area contributed by atoms with E-state index < -0.39 is 0 Å². The van der Waals surface area contributed by atoms with Crippen LogP contribution in [-0.2, 0) is 6.54 Å². The Hall–Kier alpha value is -2.86. The number of carbonyl (C=O) groups excluding carboxylic acids is 1. The SMILES string of the molecule is C=CCn1c(=NC(=O)c2ccc(C)cc2)sc2cc3c(cc21)OCO3. The Labute approximate surface area is 148 Å². The van der Waals surface area contributed by atoms with E-state index in [4.69, 9.17) is 9.47 Å². The number of ether oxygens (including phenoxy) is 2. The third-order valence-corrected chi connectivity index (χ3v) is 5.03. The van der Waals surface area contributed by atoms with Gasteiger partial charge in [0.1, 0.15) is 0 Å². The second kappa shape index (κ2) is 6.22. The molecule has 0 fully saturated rings. The number of carbonyl (C=O) groups is 1. The number of thiazole rings is 1. The van der Waals surface area contributed by atoms with Crippen molar-refractivity contribution in [1.29, 1.82) is 0 Å². The van der Waals surface area contributed by atoms with Crippen molar-refractivity contribution in [2.75, 3.05) is 6.79 Å². The second-order valence-corrected chi connectivity index (χ2v) is 6.75. The summed E-state index contributed by atoms with van der Waals surface area (Å²) in [4.78, 5) is 17.5. The van der Waals surface area contributed by atoms with Crippen molar-refractivity contribution < 1.29 is 14.3 Å². The molecule has 0 saturated carbocycles. The fourth-order valence-electron chi connectivity index (χ4n) is 2.70. The molecule has 2 aromatic carbocycles. The summed E-state index contributed by atoms with van der Waals surface area (Å²) < 4.78 is 13.8. The normalized spacial score (nSPS) is 13.4. The van der Waals surface area contributed by atoms with Crippen molar-refractivity contribution >= 4 is 27.5 Å². The van der Waals surface area contributed by atoms with Gasteiger partial charge < -0.3 is 14.0 Å². The average molecular weight is 352 g/mol. The predicted molar refractivity (Wildman–Crippen MR) is 97.2 cm³/mol. The molecular formula is C19H16N2O3S. The summed E-state index contributed by atoms with van der Waals surface area (Å²) in [7, 11) is 0. The molecule has 0 saturated heterocycles. The Bertz CT molecular complexity index is 1040. The largest absolute Gasteiger partial charge is 0.454 e. The molecule has 6 heteroatoms. The van der Waals surface area contributed by atoms with Gasteiger partial charge >= 0.3 is 0 Å². The molecule has 3 aromatic rings. The summed E-state index contributed by atoms with van der Waals surface area (Å²) in [5.74, 6) is 1.17. The van der Waals surface area contributed by atoms with Gasteiger partial charge in [-0.15, -0.1) is 6.58 Å². The lowest BCUT2D eigenvalue weighted by molar-refractivity contribution is 0.0998. The van der Waals surface area contributed by atoms with Crippen LogP contribution in [0.25, 0.3) is 10.2 Å². The smallest absolute Gasteiger partial charge is 0.279 e. The first-order valence-corrected chi connectivity index (χ1v) is 8.67. The highest BCUT2D eigenvalue weighted by Crippen LogP contribution is 2.36. The van der Waals surface area contributed by atoms with Crippen molar-refractivity contribution in [1.82, 2.24) is 4.57 Å². The van der Waals surface area contributed by atoms with Crippen LogP contribution in [0.4, 0.5) is 0 Å². The fourth-order valence-corrected chi connectivity index (χ4v) is 3.75. The molecule has 25 heavy (non-hydrogen) atoms. The van der Waals surface area contributed by atoms with E-state index in [1.807, 2.05) is 35.8 Å². The summed E-state index contributed by atoms with van der Waals surface area (Å²) in [5.41, 5.74) is 2.63. The van der Waals surface area contributed by atoms with Crippen molar-refractivity contribution in [3.8, 4) is 11.5 Å². The van der Waals surface area contributed by atoms with Gasteiger partial charge in [-0.05, 0) is 19.1 Å². The van der Waals surface area contributed by atoms with E-state index in [0.717, 1.165) is 21.5 Å². The second-order valence-electron chi connectivity index (χ2n) is 5.74. The molecule has 0 aliphatic carbocycles. The molecule has 0 radical (unpaired) electrons.